The van der Waals surface area contributed by atoms with Crippen molar-refractivity contribution in [2.75, 3.05) is 11.5 Å². The van der Waals surface area contributed by atoms with E-state index in [4.69, 9.17) is 16.2 Å². The first-order valence-electron chi connectivity index (χ1n) is 4.77. The van der Waals surface area contributed by atoms with Crippen molar-refractivity contribution >= 4 is 11.4 Å². The minimum absolute atomic E-state index is 0.00130. The number of nitrogens with two attached hydrogens (primary N) is 2. The van der Waals surface area contributed by atoms with Crippen LogP contribution < -0.4 is 16.2 Å². The van der Waals surface area contributed by atoms with E-state index in [-0.39, 0.29) is 5.75 Å². The second-order valence-electron chi connectivity index (χ2n) is 3.40. The first-order valence-corrected chi connectivity index (χ1v) is 4.77. The Labute approximate surface area is 93.1 Å². The molecule has 0 amide bonds. The molecule has 0 heterocycles. The smallest absolute Gasteiger partial charge is 0.142 e. The Hall–Kier alpha value is -2.36. The molecule has 2 rings (SSSR count). The number of benzene rings is 2. The van der Waals surface area contributed by atoms with Crippen LogP contribution >= 0.6 is 0 Å². The normalized spacial score (nSPS) is 10.0. The highest BCUT2D eigenvalue weighted by atomic mass is 16.5. The number of aromatic hydroxyl groups is 1. The van der Waals surface area contributed by atoms with Gasteiger partial charge in [0.25, 0.3) is 0 Å². The van der Waals surface area contributed by atoms with Crippen LogP contribution in [0.5, 0.6) is 17.2 Å². The number of hydrogen-bond acceptors (Lipinski definition) is 4. The summed E-state index contributed by atoms with van der Waals surface area (Å²) in [5, 5.41) is 9.40. The van der Waals surface area contributed by atoms with Crippen molar-refractivity contribution in [2.45, 2.75) is 0 Å². The van der Waals surface area contributed by atoms with E-state index in [0.717, 1.165) is 0 Å². The van der Waals surface area contributed by atoms with Crippen LogP contribution in [0.3, 0.4) is 0 Å². The number of anilines is 2. The molecule has 5 N–H and O–H groups in total. The maximum atomic E-state index is 9.40. The van der Waals surface area contributed by atoms with Crippen molar-refractivity contribution in [3.8, 4) is 17.2 Å². The van der Waals surface area contributed by atoms with Gasteiger partial charge in [0.2, 0.25) is 0 Å². The average Bonchev–Trinajstić information content (AvgIpc) is 2.24. The molecule has 0 aliphatic heterocycles. The molecule has 0 fully saturated rings. The zero-order chi connectivity index (χ0) is 11.5. The van der Waals surface area contributed by atoms with Crippen LogP contribution in [0.1, 0.15) is 0 Å². The van der Waals surface area contributed by atoms with Crippen molar-refractivity contribution < 1.29 is 9.84 Å². The SMILES string of the molecule is Nc1cccc(Oc2ccc(N)c(O)c2)c1. The predicted octanol–water partition coefficient (Wildman–Crippen LogP) is 2.35. The van der Waals surface area contributed by atoms with Crippen LogP contribution in [-0.2, 0) is 0 Å². The molecule has 0 radical (unpaired) electrons. The zero-order valence-electron chi connectivity index (χ0n) is 8.55. The largest absolute Gasteiger partial charge is 0.506 e. The summed E-state index contributed by atoms with van der Waals surface area (Å²) in [7, 11) is 0. The molecule has 4 nitrogen and oxygen atoms in total. The van der Waals surface area contributed by atoms with E-state index in [1.165, 1.54) is 6.07 Å². The fraction of sp³-hybridized carbons (Fsp3) is 0. The van der Waals surface area contributed by atoms with Crippen LogP contribution in [0.15, 0.2) is 42.5 Å². The molecular formula is C12H12N2O2. The van der Waals surface area contributed by atoms with Gasteiger partial charge in [-0.25, -0.2) is 0 Å². The molecule has 0 atom stereocenters. The highest BCUT2D eigenvalue weighted by Crippen LogP contribution is 2.29. The summed E-state index contributed by atoms with van der Waals surface area (Å²) in [6.07, 6.45) is 0. The molecule has 0 unspecified atom stereocenters. The van der Waals surface area contributed by atoms with Crippen molar-refractivity contribution in [1.29, 1.82) is 0 Å². The van der Waals surface area contributed by atoms with Crippen molar-refractivity contribution in [2.24, 2.45) is 0 Å². The summed E-state index contributed by atoms with van der Waals surface area (Å²) in [6.45, 7) is 0. The van der Waals surface area contributed by atoms with Gasteiger partial charge >= 0.3 is 0 Å². The molecule has 0 saturated heterocycles. The first-order chi connectivity index (χ1) is 7.65. The summed E-state index contributed by atoms with van der Waals surface area (Å²) in [5.41, 5.74) is 12.0. The highest BCUT2D eigenvalue weighted by Gasteiger charge is 2.01. The Morgan fingerprint density at radius 1 is 0.938 bits per heavy atom. The highest BCUT2D eigenvalue weighted by molar-refractivity contribution is 5.55. The predicted molar refractivity (Wildman–Crippen MR) is 63.4 cm³/mol. The second kappa shape index (κ2) is 4.02. The van der Waals surface area contributed by atoms with Crippen LogP contribution in [0.2, 0.25) is 0 Å². The first kappa shape index (κ1) is 10.2. The van der Waals surface area contributed by atoms with Crippen molar-refractivity contribution in [3.05, 3.63) is 42.5 Å². The molecular weight excluding hydrogens is 204 g/mol. The monoisotopic (exact) mass is 216 g/mol. The summed E-state index contributed by atoms with van der Waals surface area (Å²) in [6, 6.07) is 11.8. The summed E-state index contributed by atoms with van der Waals surface area (Å²) in [5.74, 6) is 1.13. The minimum atomic E-state index is 0.00130. The lowest BCUT2D eigenvalue weighted by Crippen LogP contribution is -1.89. The number of ether oxygens (including phenoxy) is 1. The molecule has 2 aromatic rings. The molecule has 0 aromatic heterocycles. The molecule has 0 bridgehead atoms. The van der Waals surface area contributed by atoms with Gasteiger partial charge in [0.1, 0.15) is 17.2 Å². The molecule has 4 heteroatoms. The van der Waals surface area contributed by atoms with E-state index in [9.17, 15) is 5.11 Å². The summed E-state index contributed by atoms with van der Waals surface area (Å²) in [4.78, 5) is 0. The number of nitrogen functional groups attached to an aromatic ring is 2. The van der Waals surface area contributed by atoms with E-state index >= 15 is 0 Å². The third-order valence-corrected chi connectivity index (χ3v) is 2.10. The fourth-order valence-corrected chi connectivity index (χ4v) is 1.30. The fourth-order valence-electron chi connectivity index (χ4n) is 1.30. The topological polar surface area (TPSA) is 81.5 Å². The van der Waals surface area contributed by atoms with E-state index in [0.29, 0.717) is 22.9 Å². The molecule has 0 spiro atoms. The van der Waals surface area contributed by atoms with Crippen molar-refractivity contribution in [1.82, 2.24) is 0 Å². The van der Waals surface area contributed by atoms with Gasteiger partial charge in [-0.2, -0.15) is 0 Å². The summed E-state index contributed by atoms with van der Waals surface area (Å²) >= 11 is 0. The lowest BCUT2D eigenvalue weighted by molar-refractivity contribution is 0.457. The van der Waals surface area contributed by atoms with Gasteiger partial charge < -0.3 is 21.3 Å². The number of phenolic OH excluding ortho intramolecular Hbond substituents is 1. The van der Waals surface area contributed by atoms with E-state index < -0.39 is 0 Å². The maximum Gasteiger partial charge on any atom is 0.142 e. The Balaban J connectivity index is 2.24. The number of hydrogen-bond donors (Lipinski definition) is 3. The Morgan fingerprint density at radius 2 is 1.69 bits per heavy atom. The van der Waals surface area contributed by atoms with Gasteiger partial charge in [0, 0.05) is 17.8 Å². The maximum absolute atomic E-state index is 9.40. The molecule has 0 saturated carbocycles. The Kier molecular flexibility index (Phi) is 2.55. The van der Waals surface area contributed by atoms with Gasteiger partial charge in [0.05, 0.1) is 5.69 Å². The number of rotatable bonds is 2. The Bertz CT molecular complexity index is 512. The lowest BCUT2D eigenvalue weighted by Gasteiger charge is -2.07. The van der Waals surface area contributed by atoms with Gasteiger partial charge in [-0.1, -0.05) is 6.07 Å². The zero-order valence-corrected chi connectivity index (χ0v) is 8.55. The lowest BCUT2D eigenvalue weighted by atomic mass is 10.2. The van der Waals surface area contributed by atoms with Crippen LogP contribution in [0.25, 0.3) is 0 Å². The number of phenols is 1. The van der Waals surface area contributed by atoms with Gasteiger partial charge in [0.15, 0.2) is 0 Å². The van der Waals surface area contributed by atoms with Crippen LogP contribution in [-0.4, -0.2) is 5.11 Å². The second-order valence-corrected chi connectivity index (χ2v) is 3.40. The van der Waals surface area contributed by atoms with Gasteiger partial charge in [-0.15, -0.1) is 0 Å². The van der Waals surface area contributed by atoms with Gasteiger partial charge in [-0.3, -0.25) is 0 Å². The molecule has 2 aromatic carbocycles. The third-order valence-electron chi connectivity index (χ3n) is 2.10. The Morgan fingerprint density at radius 3 is 2.38 bits per heavy atom. The minimum Gasteiger partial charge on any atom is -0.506 e. The summed E-state index contributed by atoms with van der Waals surface area (Å²) < 4.78 is 5.50. The quantitative estimate of drug-likeness (QED) is 0.531. The molecule has 16 heavy (non-hydrogen) atoms. The average molecular weight is 216 g/mol. The standard InChI is InChI=1S/C12H12N2O2/c13-8-2-1-3-9(6-8)16-10-4-5-11(14)12(15)7-10/h1-7,15H,13-14H2. The van der Waals surface area contributed by atoms with Crippen LogP contribution in [0, 0.1) is 0 Å². The van der Waals surface area contributed by atoms with Crippen LogP contribution in [0.4, 0.5) is 11.4 Å². The van der Waals surface area contributed by atoms with E-state index in [1.54, 1.807) is 36.4 Å². The third kappa shape index (κ3) is 2.17. The van der Waals surface area contributed by atoms with E-state index in [2.05, 4.69) is 0 Å². The molecule has 0 aliphatic rings. The van der Waals surface area contributed by atoms with Gasteiger partial charge in [-0.05, 0) is 24.3 Å². The van der Waals surface area contributed by atoms with E-state index in [1.807, 2.05) is 0 Å². The molecule has 82 valence electrons. The van der Waals surface area contributed by atoms with Crippen molar-refractivity contribution in [3.63, 3.8) is 0 Å². The molecule has 0 aliphatic carbocycles.